The molecule has 3 N–H and O–H groups in total. The maximum absolute atomic E-state index is 12.6. The van der Waals surface area contributed by atoms with Crippen LogP contribution in [0.1, 0.15) is 22.6 Å². The Morgan fingerprint density at radius 1 is 1.09 bits per heavy atom. The normalized spacial score (nSPS) is 16.8. The maximum atomic E-state index is 12.6. The lowest BCUT2D eigenvalue weighted by Gasteiger charge is -2.33. The van der Waals surface area contributed by atoms with Crippen LogP contribution in [0.5, 0.6) is 0 Å². The molecule has 32 heavy (non-hydrogen) atoms. The van der Waals surface area contributed by atoms with Crippen molar-refractivity contribution in [2.75, 3.05) is 53.1 Å². The number of halogens is 2. The molecule has 0 unspecified atom stereocenters. The first-order chi connectivity index (χ1) is 15.3. The van der Waals surface area contributed by atoms with Crippen LogP contribution in [0, 0.1) is 0 Å². The van der Waals surface area contributed by atoms with Gasteiger partial charge in [-0.1, -0.05) is 35.3 Å². The fourth-order valence-corrected chi connectivity index (χ4v) is 5.33. The summed E-state index contributed by atoms with van der Waals surface area (Å²) in [4.78, 5) is 2.40. The lowest BCUT2D eigenvalue weighted by Crippen LogP contribution is -2.31. The maximum Gasteiger partial charge on any atom is 0.240 e. The molecule has 0 radical (unpaired) electrons. The van der Waals surface area contributed by atoms with Crippen LogP contribution < -0.4 is 10.5 Å². The summed E-state index contributed by atoms with van der Waals surface area (Å²) >= 11 is 12.7. The predicted octanol–water partition coefficient (Wildman–Crippen LogP) is 2.84. The number of ether oxygens (including phenoxy) is 2. The molecule has 0 spiro atoms. The Morgan fingerprint density at radius 3 is 2.47 bits per heavy atom. The zero-order chi connectivity index (χ0) is 23.1. The van der Waals surface area contributed by atoms with Crippen LogP contribution in [-0.2, 0) is 26.0 Å². The quantitative estimate of drug-likeness (QED) is 0.459. The van der Waals surface area contributed by atoms with Crippen molar-refractivity contribution < 1.29 is 17.9 Å². The van der Waals surface area contributed by atoms with Crippen molar-refractivity contribution in [2.45, 2.75) is 17.4 Å². The molecule has 0 saturated carbocycles. The van der Waals surface area contributed by atoms with Gasteiger partial charge in [-0.25, -0.2) is 13.1 Å². The fourth-order valence-electron chi connectivity index (χ4n) is 3.75. The number of benzene rings is 2. The van der Waals surface area contributed by atoms with E-state index in [1.165, 1.54) is 0 Å². The van der Waals surface area contributed by atoms with Gasteiger partial charge in [-0.3, -0.25) is 0 Å². The minimum absolute atomic E-state index is 0.0551. The van der Waals surface area contributed by atoms with Crippen LogP contribution >= 0.6 is 23.2 Å². The number of nitrogens with one attached hydrogen (secondary N) is 1. The highest BCUT2D eigenvalue weighted by Gasteiger charge is 2.27. The summed E-state index contributed by atoms with van der Waals surface area (Å²) in [5.41, 5.74) is 8.48. The minimum atomic E-state index is -3.62. The first-order valence-electron chi connectivity index (χ1n) is 10.4. The molecule has 10 heteroatoms. The van der Waals surface area contributed by atoms with E-state index in [4.69, 9.17) is 38.4 Å². The van der Waals surface area contributed by atoms with E-state index in [0.29, 0.717) is 36.4 Å². The highest BCUT2D eigenvalue weighted by molar-refractivity contribution is 7.89. The highest BCUT2D eigenvalue weighted by atomic mass is 35.5. The molecule has 0 aromatic heterocycles. The van der Waals surface area contributed by atoms with E-state index >= 15 is 0 Å². The van der Waals surface area contributed by atoms with Crippen molar-refractivity contribution in [3.05, 3.63) is 63.1 Å². The van der Waals surface area contributed by atoms with Crippen LogP contribution in [-0.4, -0.2) is 66.4 Å². The molecule has 2 aromatic carbocycles. The Hall–Kier alpha value is -1.23. The fraction of sp³-hybridized carbons (Fsp3) is 0.455. The van der Waals surface area contributed by atoms with E-state index in [2.05, 4.69) is 9.62 Å². The summed E-state index contributed by atoms with van der Waals surface area (Å²) < 4.78 is 38.3. The van der Waals surface area contributed by atoms with Crippen LogP contribution in [0.4, 0.5) is 0 Å². The molecule has 1 aliphatic rings. The summed E-state index contributed by atoms with van der Waals surface area (Å²) in [6, 6.07) is 10.7. The zero-order valence-electron chi connectivity index (χ0n) is 18.0. The van der Waals surface area contributed by atoms with Gasteiger partial charge in [-0.05, 0) is 48.0 Å². The Kier molecular flexibility index (Phi) is 9.33. The van der Waals surface area contributed by atoms with Gasteiger partial charge in [0.2, 0.25) is 10.0 Å². The van der Waals surface area contributed by atoms with Crippen LogP contribution in [0.25, 0.3) is 0 Å². The molecule has 2 aromatic rings. The first-order valence-corrected chi connectivity index (χ1v) is 12.7. The van der Waals surface area contributed by atoms with Gasteiger partial charge in [0.25, 0.3) is 0 Å². The monoisotopic (exact) mass is 501 g/mol. The molecule has 1 atom stereocenters. The van der Waals surface area contributed by atoms with Crippen LogP contribution in [0.2, 0.25) is 10.0 Å². The van der Waals surface area contributed by atoms with Crippen LogP contribution in [0.3, 0.4) is 0 Å². The molecule has 0 amide bonds. The van der Waals surface area contributed by atoms with Gasteiger partial charge in [0.05, 0.1) is 31.3 Å². The van der Waals surface area contributed by atoms with E-state index < -0.39 is 10.0 Å². The predicted molar refractivity (Wildman–Crippen MR) is 127 cm³/mol. The zero-order valence-corrected chi connectivity index (χ0v) is 20.3. The molecule has 1 aliphatic heterocycles. The van der Waals surface area contributed by atoms with Crippen molar-refractivity contribution in [1.29, 1.82) is 0 Å². The summed E-state index contributed by atoms with van der Waals surface area (Å²) in [6.45, 7) is 3.75. The van der Waals surface area contributed by atoms with Crippen molar-refractivity contribution in [1.82, 2.24) is 9.62 Å². The molecule has 176 valence electrons. The number of hydrogen-bond donors (Lipinski definition) is 2. The number of hydrogen-bond acceptors (Lipinski definition) is 6. The summed E-state index contributed by atoms with van der Waals surface area (Å²) in [5.74, 6) is 0.0551. The lowest BCUT2D eigenvalue weighted by atomic mass is 9.85. The van der Waals surface area contributed by atoms with Gasteiger partial charge in [0.1, 0.15) is 0 Å². The number of rotatable bonds is 11. The Labute approximate surface area is 199 Å². The molecule has 3 rings (SSSR count). The SMILES string of the molecule is CN1Cc2c(Cl)cc(Cl)cc2[C@H](c2ccc(S(=O)(=O)NCCOCCOCCN)cc2)C1. The summed E-state index contributed by atoms with van der Waals surface area (Å²) in [6.07, 6.45) is 0. The van der Waals surface area contributed by atoms with E-state index in [1.807, 2.05) is 25.2 Å². The number of fused-ring (bicyclic) bond motifs is 1. The number of nitrogens with two attached hydrogens (primary N) is 1. The lowest BCUT2D eigenvalue weighted by molar-refractivity contribution is 0.0530. The van der Waals surface area contributed by atoms with Gasteiger partial charge in [0.15, 0.2) is 0 Å². The summed E-state index contributed by atoms with van der Waals surface area (Å²) in [7, 11) is -1.59. The Balaban J connectivity index is 1.63. The second kappa shape index (κ2) is 11.8. The van der Waals surface area contributed by atoms with Gasteiger partial charge in [-0.2, -0.15) is 0 Å². The molecule has 0 fully saturated rings. The third-order valence-corrected chi connectivity index (χ3v) is 7.29. The van der Waals surface area contributed by atoms with Gasteiger partial charge in [-0.15, -0.1) is 0 Å². The third kappa shape index (κ3) is 6.65. The third-order valence-electron chi connectivity index (χ3n) is 5.26. The number of sulfonamides is 1. The van der Waals surface area contributed by atoms with E-state index in [-0.39, 0.29) is 24.0 Å². The number of likely N-dealkylation sites (N-methyl/N-ethyl adjacent to an activating group) is 1. The van der Waals surface area contributed by atoms with Crippen molar-refractivity contribution in [2.24, 2.45) is 5.73 Å². The minimum Gasteiger partial charge on any atom is -0.378 e. The molecular formula is C22H29Cl2N3O4S. The average Bonchev–Trinajstić information content (AvgIpc) is 2.76. The molecule has 0 aliphatic carbocycles. The highest BCUT2D eigenvalue weighted by Crippen LogP contribution is 2.38. The molecular weight excluding hydrogens is 473 g/mol. The van der Waals surface area contributed by atoms with Gasteiger partial charge < -0.3 is 20.1 Å². The van der Waals surface area contributed by atoms with E-state index in [1.54, 1.807) is 18.2 Å². The Morgan fingerprint density at radius 2 is 1.78 bits per heavy atom. The largest absolute Gasteiger partial charge is 0.378 e. The van der Waals surface area contributed by atoms with Gasteiger partial charge >= 0.3 is 0 Å². The second-order valence-electron chi connectivity index (χ2n) is 7.68. The molecule has 7 nitrogen and oxygen atoms in total. The molecule has 0 bridgehead atoms. The Bertz CT molecular complexity index is 1000. The van der Waals surface area contributed by atoms with E-state index in [0.717, 1.165) is 29.8 Å². The molecule has 0 saturated heterocycles. The van der Waals surface area contributed by atoms with Crippen molar-refractivity contribution in [3.8, 4) is 0 Å². The smallest absolute Gasteiger partial charge is 0.240 e. The van der Waals surface area contributed by atoms with E-state index in [9.17, 15) is 8.42 Å². The standard InChI is InChI=1S/C22H29Cl2N3O4S/c1-27-14-20(19-12-17(23)13-22(24)21(19)15-27)16-2-4-18(5-3-16)32(28,29)26-7-9-31-11-10-30-8-6-25/h2-5,12-13,20,26H,6-11,14-15,25H2,1H3/t20-/m0/s1. The number of nitrogens with zero attached hydrogens (tertiary/aromatic N) is 1. The summed E-state index contributed by atoms with van der Waals surface area (Å²) in [5, 5.41) is 1.25. The topological polar surface area (TPSA) is 93.9 Å². The van der Waals surface area contributed by atoms with Crippen LogP contribution in [0.15, 0.2) is 41.3 Å². The van der Waals surface area contributed by atoms with Crippen molar-refractivity contribution >= 4 is 33.2 Å². The van der Waals surface area contributed by atoms with Crippen molar-refractivity contribution in [3.63, 3.8) is 0 Å². The average molecular weight is 502 g/mol. The second-order valence-corrected chi connectivity index (χ2v) is 10.3. The first kappa shape index (κ1) is 25.4. The van der Waals surface area contributed by atoms with Gasteiger partial charge in [0, 0.05) is 42.1 Å². The molecule has 1 heterocycles.